The van der Waals surface area contributed by atoms with Crippen LogP contribution in [0, 0.1) is 0 Å². The largest absolute Gasteiger partial charge is 0.480 e. The number of aliphatic carboxylic acids is 3. The maximum absolute atomic E-state index is 11.6. The lowest BCUT2D eigenvalue weighted by atomic mass is 9.92. The fourth-order valence-corrected chi connectivity index (χ4v) is 3.35. The molecule has 0 amide bonds. The molecule has 0 bridgehead atoms. The fourth-order valence-electron chi connectivity index (χ4n) is 2.31. The molecule has 0 saturated carbocycles. The first kappa shape index (κ1) is 25.5. The molecule has 0 aliphatic carbocycles. The second kappa shape index (κ2) is 11.6. The summed E-state index contributed by atoms with van der Waals surface area (Å²) >= 11 is 7.80. The lowest BCUT2D eigenvalue weighted by Gasteiger charge is -2.27. The SMILES string of the molecule is CC(NCCc1cccs1)(C(=O)O)c1ccccc1Cl.O=C(O)C(O)C(O)C(=O)O. The van der Waals surface area contributed by atoms with Gasteiger partial charge in [-0.1, -0.05) is 35.9 Å². The highest BCUT2D eigenvalue weighted by Gasteiger charge is 2.36. The summed E-state index contributed by atoms with van der Waals surface area (Å²) in [5.74, 6) is -4.47. The van der Waals surface area contributed by atoms with Crippen LogP contribution in [0.2, 0.25) is 5.02 Å². The van der Waals surface area contributed by atoms with Crippen molar-refractivity contribution < 1.29 is 39.9 Å². The third-order valence-corrected chi connectivity index (χ3v) is 5.34. The van der Waals surface area contributed by atoms with Crippen molar-refractivity contribution in [1.29, 1.82) is 0 Å². The third kappa shape index (κ3) is 7.08. The van der Waals surface area contributed by atoms with Crippen molar-refractivity contribution in [2.75, 3.05) is 6.54 Å². The predicted molar refractivity (Wildman–Crippen MR) is 110 cm³/mol. The van der Waals surface area contributed by atoms with Gasteiger partial charge in [0.2, 0.25) is 0 Å². The summed E-state index contributed by atoms with van der Waals surface area (Å²) in [6, 6.07) is 11.1. The standard InChI is InChI=1S/C15H16ClNO2S.C4H6O6/c1-15(14(18)19,12-6-2-3-7-13(12)16)17-9-8-11-5-4-10-20-11;5-1(3(7)8)2(6)4(9)10/h2-7,10,17H,8-9H2,1H3,(H,18,19);1-2,5-6H,(H,7,8)(H,9,10). The highest BCUT2D eigenvalue weighted by atomic mass is 35.5. The van der Waals surface area contributed by atoms with Crippen LogP contribution in [-0.2, 0) is 26.3 Å². The van der Waals surface area contributed by atoms with Gasteiger partial charge in [0.05, 0.1) is 0 Å². The normalized spacial score (nSPS) is 14.5. The molecule has 30 heavy (non-hydrogen) atoms. The third-order valence-electron chi connectivity index (χ3n) is 4.08. The first-order chi connectivity index (χ1) is 14.0. The summed E-state index contributed by atoms with van der Waals surface area (Å²) in [5, 5.41) is 47.7. The molecular formula is C19H22ClNO8S. The van der Waals surface area contributed by atoms with E-state index in [1.165, 1.54) is 4.88 Å². The number of rotatable bonds is 9. The summed E-state index contributed by atoms with van der Waals surface area (Å²) in [6.45, 7) is 2.22. The minimum Gasteiger partial charge on any atom is -0.480 e. The van der Waals surface area contributed by atoms with Crippen LogP contribution >= 0.6 is 22.9 Å². The zero-order valence-electron chi connectivity index (χ0n) is 15.9. The second-order valence-corrected chi connectivity index (χ2v) is 7.67. The van der Waals surface area contributed by atoms with Crippen LogP contribution in [0.5, 0.6) is 0 Å². The van der Waals surface area contributed by atoms with E-state index in [4.69, 9.17) is 32.0 Å². The van der Waals surface area contributed by atoms with Crippen LogP contribution in [0.15, 0.2) is 41.8 Å². The molecule has 0 spiro atoms. The van der Waals surface area contributed by atoms with E-state index in [-0.39, 0.29) is 0 Å². The Balaban J connectivity index is 0.000000382. The van der Waals surface area contributed by atoms with Gasteiger partial charge in [-0.05, 0) is 30.9 Å². The van der Waals surface area contributed by atoms with E-state index in [2.05, 4.69) is 5.32 Å². The summed E-state index contributed by atoms with van der Waals surface area (Å²) in [5.41, 5.74) is -0.601. The zero-order chi connectivity index (χ0) is 22.9. The number of benzene rings is 1. The number of aliphatic hydroxyl groups is 2. The van der Waals surface area contributed by atoms with Gasteiger partial charge in [0.1, 0.15) is 5.54 Å². The first-order valence-corrected chi connectivity index (χ1v) is 9.84. The molecule has 1 heterocycles. The molecule has 2 aromatic rings. The summed E-state index contributed by atoms with van der Waals surface area (Å²) in [6.07, 6.45) is -3.74. The average molecular weight is 460 g/mol. The molecule has 6 N–H and O–H groups in total. The number of carbonyl (C=O) groups is 3. The molecule has 11 heteroatoms. The molecule has 0 aliphatic rings. The molecule has 0 saturated heterocycles. The van der Waals surface area contributed by atoms with Crippen molar-refractivity contribution in [3.05, 3.63) is 57.2 Å². The van der Waals surface area contributed by atoms with E-state index in [0.29, 0.717) is 17.1 Å². The number of hydrogen-bond acceptors (Lipinski definition) is 7. The Hall–Kier alpha value is -2.50. The van der Waals surface area contributed by atoms with Crippen LogP contribution in [0.25, 0.3) is 0 Å². The van der Waals surface area contributed by atoms with Crippen molar-refractivity contribution in [2.24, 2.45) is 0 Å². The molecule has 9 nitrogen and oxygen atoms in total. The van der Waals surface area contributed by atoms with Crippen LogP contribution in [0.3, 0.4) is 0 Å². The quantitative estimate of drug-likeness (QED) is 0.325. The molecule has 3 atom stereocenters. The fraction of sp³-hybridized carbons (Fsp3) is 0.316. The van der Waals surface area contributed by atoms with Crippen LogP contribution in [0.4, 0.5) is 0 Å². The predicted octanol–water partition coefficient (Wildman–Crippen LogP) is 1.41. The number of halogens is 1. The highest BCUT2D eigenvalue weighted by molar-refractivity contribution is 7.09. The lowest BCUT2D eigenvalue weighted by molar-refractivity contribution is -0.165. The molecule has 0 fully saturated rings. The molecule has 164 valence electrons. The number of carboxylic acids is 3. The smallest absolute Gasteiger partial charge is 0.335 e. The van der Waals surface area contributed by atoms with E-state index in [1.54, 1.807) is 42.5 Å². The minimum absolute atomic E-state index is 0.459. The molecule has 0 aliphatic heterocycles. The maximum atomic E-state index is 11.6. The Labute approximate surface area is 181 Å². The Bertz CT molecular complexity index is 842. The Morgan fingerprint density at radius 3 is 2.03 bits per heavy atom. The van der Waals surface area contributed by atoms with Gasteiger partial charge in [-0.15, -0.1) is 11.3 Å². The van der Waals surface area contributed by atoms with Crippen molar-refractivity contribution in [3.63, 3.8) is 0 Å². The zero-order valence-corrected chi connectivity index (χ0v) is 17.4. The number of nitrogens with one attached hydrogen (secondary N) is 1. The number of carboxylic acid groups (broad SMARTS) is 3. The minimum atomic E-state index is -2.27. The van der Waals surface area contributed by atoms with Gasteiger partial charge in [0.15, 0.2) is 12.2 Å². The topological polar surface area (TPSA) is 164 Å². The average Bonchev–Trinajstić information content (AvgIpc) is 3.20. The van der Waals surface area contributed by atoms with Crippen LogP contribution < -0.4 is 5.32 Å². The van der Waals surface area contributed by atoms with E-state index in [1.807, 2.05) is 17.5 Å². The number of aliphatic hydroxyl groups excluding tert-OH is 2. The van der Waals surface area contributed by atoms with Gasteiger partial charge in [-0.3, -0.25) is 5.32 Å². The van der Waals surface area contributed by atoms with Crippen molar-refractivity contribution in [1.82, 2.24) is 5.32 Å². The Kier molecular flexibility index (Phi) is 9.90. The molecule has 1 aromatic heterocycles. The summed E-state index contributed by atoms with van der Waals surface area (Å²) in [7, 11) is 0. The molecule has 0 radical (unpaired) electrons. The number of hydrogen-bond donors (Lipinski definition) is 6. The van der Waals surface area contributed by atoms with Gasteiger partial charge >= 0.3 is 17.9 Å². The van der Waals surface area contributed by atoms with E-state index in [9.17, 15) is 19.5 Å². The summed E-state index contributed by atoms with van der Waals surface area (Å²) in [4.78, 5) is 32.4. The Morgan fingerprint density at radius 2 is 1.60 bits per heavy atom. The van der Waals surface area contributed by atoms with Gasteiger partial charge in [-0.2, -0.15) is 0 Å². The van der Waals surface area contributed by atoms with Crippen molar-refractivity contribution in [2.45, 2.75) is 31.1 Å². The van der Waals surface area contributed by atoms with Crippen LogP contribution in [0.1, 0.15) is 17.4 Å². The van der Waals surface area contributed by atoms with E-state index in [0.717, 1.165) is 6.42 Å². The molecular weight excluding hydrogens is 438 g/mol. The summed E-state index contributed by atoms with van der Waals surface area (Å²) < 4.78 is 0. The molecule has 3 unspecified atom stereocenters. The van der Waals surface area contributed by atoms with Gasteiger partial charge < -0.3 is 25.5 Å². The number of thiophene rings is 1. The van der Waals surface area contributed by atoms with Gasteiger partial charge in [0.25, 0.3) is 0 Å². The molecule has 2 rings (SSSR count). The first-order valence-electron chi connectivity index (χ1n) is 8.58. The highest BCUT2D eigenvalue weighted by Crippen LogP contribution is 2.28. The van der Waals surface area contributed by atoms with Crippen LogP contribution in [-0.4, -0.2) is 62.2 Å². The van der Waals surface area contributed by atoms with Gasteiger partial charge in [0, 0.05) is 22.0 Å². The van der Waals surface area contributed by atoms with Crippen molar-refractivity contribution >= 4 is 40.8 Å². The van der Waals surface area contributed by atoms with Crippen molar-refractivity contribution in [3.8, 4) is 0 Å². The lowest BCUT2D eigenvalue weighted by Crippen LogP contribution is -2.47. The second-order valence-electron chi connectivity index (χ2n) is 6.23. The maximum Gasteiger partial charge on any atom is 0.335 e. The van der Waals surface area contributed by atoms with Gasteiger partial charge in [-0.25, -0.2) is 14.4 Å². The van der Waals surface area contributed by atoms with E-state index < -0.39 is 35.7 Å². The molecule has 1 aromatic carbocycles. The Morgan fingerprint density at radius 1 is 1.03 bits per heavy atom. The van der Waals surface area contributed by atoms with E-state index >= 15 is 0 Å². The monoisotopic (exact) mass is 459 g/mol.